The summed E-state index contributed by atoms with van der Waals surface area (Å²) >= 11 is 3.53. The molecule has 0 aliphatic heterocycles. The quantitative estimate of drug-likeness (QED) is 0.722. The van der Waals surface area contributed by atoms with Gasteiger partial charge in [-0.3, -0.25) is 0 Å². The Bertz CT molecular complexity index is 468. The minimum absolute atomic E-state index is 0.487. The molecule has 0 spiro atoms. The molecule has 0 aliphatic rings. The third-order valence-electron chi connectivity index (χ3n) is 2.48. The van der Waals surface area contributed by atoms with Gasteiger partial charge < -0.3 is 4.42 Å². The molecule has 14 heavy (non-hydrogen) atoms. The minimum atomic E-state index is 0.487. The van der Waals surface area contributed by atoms with Crippen molar-refractivity contribution in [1.29, 1.82) is 0 Å². The standard InChI is InChI=1S/C12H13BrO/c1-7(2)10-4-9(13)5-11-8(3)6-14-12(10)11/h4-7H,1-3H3. The molecule has 2 aromatic rings. The normalized spacial score (nSPS) is 11.5. The Morgan fingerprint density at radius 2 is 2.00 bits per heavy atom. The predicted molar refractivity (Wildman–Crippen MR) is 62.7 cm³/mol. The fourth-order valence-electron chi connectivity index (χ4n) is 1.68. The molecule has 1 nitrogen and oxygen atoms in total. The van der Waals surface area contributed by atoms with Crippen molar-refractivity contribution in [2.45, 2.75) is 26.7 Å². The largest absolute Gasteiger partial charge is 0.464 e. The molecule has 1 aromatic carbocycles. The molecular weight excluding hydrogens is 240 g/mol. The van der Waals surface area contributed by atoms with E-state index in [1.54, 1.807) is 0 Å². The monoisotopic (exact) mass is 252 g/mol. The zero-order valence-corrected chi connectivity index (χ0v) is 10.2. The predicted octanol–water partition coefficient (Wildman–Crippen LogP) is 4.63. The van der Waals surface area contributed by atoms with E-state index in [1.807, 2.05) is 6.26 Å². The van der Waals surface area contributed by atoms with Crippen LogP contribution in [0, 0.1) is 6.92 Å². The lowest BCUT2D eigenvalue weighted by molar-refractivity contribution is 0.604. The maximum Gasteiger partial charge on any atom is 0.137 e. The summed E-state index contributed by atoms with van der Waals surface area (Å²) < 4.78 is 6.70. The maximum atomic E-state index is 5.58. The highest BCUT2D eigenvalue weighted by atomic mass is 79.9. The molecule has 2 heteroatoms. The second-order valence-electron chi connectivity index (χ2n) is 3.95. The Morgan fingerprint density at radius 3 is 2.64 bits per heavy atom. The fraction of sp³-hybridized carbons (Fsp3) is 0.333. The lowest BCUT2D eigenvalue weighted by atomic mass is 10.0. The van der Waals surface area contributed by atoms with Crippen LogP contribution in [0.4, 0.5) is 0 Å². The van der Waals surface area contributed by atoms with Crippen LogP contribution < -0.4 is 0 Å². The summed E-state index contributed by atoms with van der Waals surface area (Å²) in [5.41, 5.74) is 3.49. The lowest BCUT2D eigenvalue weighted by Crippen LogP contribution is -1.88. The molecule has 0 atom stereocenters. The van der Waals surface area contributed by atoms with Gasteiger partial charge in [0.25, 0.3) is 0 Å². The van der Waals surface area contributed by atoms with Crippen molar-refractivity contribution in [3.05, 3.63) is 34.0 Å². The van der Waals surface area contributed by atoms with Gasteiger partial charge in [-0.25, -0.2) is 0 Å². The molecule has 1 heterocycles. The average Bonchev–Trinajstić information content (AvgIpc) is 2.47. The molecule has 0 N–H and O–H groups in total. The summed E-state index contributed by atoms with van der Waals surface area (Å²) in [6.07, 6.45) is 1.82. The SMILES string of the molecule is Cc1coc2c(C(C)C)cc(Br)cc12. The van der Waals surface area contributed by atoms with E-state index in [2.05, 4.69) is 48.8 Å². The summed E-state index contributed by atoms with van der Waals surface area (Å²) in [6, 6.07) is 4.25. The Morgan fingerprint density at radius 1 is 1.29 bits per heavy atom. The molecule has 0 aliphatic carbocycles. The van der Waals surface area contributed by atoms with E-state index in [0.29, 0.717) is 5.92 Å². The van der Waals surface area contributed by atoms with Gasteiger partial charge in [0.1, 0.15) is 5.58 Å². The van der Waals surface area contributed by atoms with Crippen molar-refractivity contribution in [3.8, 4) is 0 Å². The number of hydrogen-bond acceptors (Lipinski definition) is 1. The number of aryl methyl sites for hydroxylation is 1. The van der Waals surface area contributed by atoms with E-state index < -0.39 is 0 Å². The summed E-state index contributed by atoms with van der Waals surface area (Å²) in [6.45, 7) is 6.43. The molecular formula is C12H13BrO. The van der Waals surface area contributed by atoms with Crippen molar-refractivity contribution in [1.82, 2.24) is 0 Å². The lowest BCUT2D eigenvalue weighted by Gasteiger charge is -2.06. The molecule has 0 amide bonds. The summed E-state index contributed by atoms with van der Waals surface area (Å²) in [4.78, 5) is 0. The zero-order chi connectivity index (χ0) is 10.3. The van der Waals surface area contributed by atoms with Gasteiger partial charge in [-0.15, -0.1) is 0 Å². The van der Waals surface area contributed by atoms with Crippen LogP contribution in [0.15, 0.2) is 27.3 Å². The molecule has 0 saturated carbocycles. The number of fused-ring (bicyclic) bond motifs is 1. The molecule has 0 fully saturated rings. The first-order valence-electron chi connectivity index (χ1n) is 4.77. The first-order valence-corrected chi connectivity index (χ1v) is 5.56. The number of halogens is 1. The number of benzene rings is 1. The van der Waals surface area contributed by atoms with E-state index >= 15 is 0 Å². The van der Waals surface area contributed by atoms with Gasteiger partial charge in [0.15, 0.2) is 0 Å². The van der Waals surface area contributed by atoms with Gasteiger partial charge in [-0.1, -0.05) is 29.8 Å². The molecule has 1 aromatic heterocycles. The summed E-state index contributed by atoms with van der Waals surface area (Å²) in [5, 5.41) is 1.21. The Hall–Kier alpha value is -0.760. The number of furan rings is 1. The second-order valence-corrected chi connectivity index (χ2v) is 4.86. The van der Waals surface area contributed by atoms with Crippen molar-refractivity contribution < 1.29 is 4.42 Å². The van der Waals surface area contributed by atoms with Gasteiger partial charge in [0, 0.05) is 9.86 Å². The summed E-state index contributed by atoms with van der Waals surface area (Å²) in [5.74, 6) is 0.487. The van der Waals surface area contributed by atoms with Gasteiger partial charge in [-0.05, 0) is 36.1 Å². The zero-order valence-electron chi connectivity index (χ0n) is 8.60. The molecule has 0 radical (unpaired) electrons. The van der Waals surface area contributed by atoms with Crippen LogP contribution in [0.25, 0.3) is 11.0 Å². The van der Waals surface area contributed by atoms with Crippen LogP contribution in [0.5, 0.6) is 0 Å². The van der Waals surface area contributed by atoms with Crippen LogP contribution >= 0.6 is 15.9 Å². The van der Waals surface area contributed by atoms with E-state index in [4.69, 9.17) is 4.42 Å². The van der Waals surface area contributed by atoms with Crippen molar-refractivity contribution in [2.75, 3.05) is 0 Å². The second kappa shape index (κ2) is 3.43. The highest BCUT2D eigenvalue weighted by Gasteiger charge is 2.11. The van der Waals surface area contributed by atoms with Crippen molar-refractivity contribution in [2.24, 2.45) is 0 Å². The third-order valence-corrected chi connectivity index (χ3v) is 2.94. The van der Waals surface area contributed by atoms with Crippen LogP contribution in [-0.2, 0) is 0 Å². The van der Waals surface area contributed by atoms with E-state index in [0.717, 1.165) is 10.1 Å². The van der Waals surface area contributed by atoms with Crippen LogP contribution in [0.2, 0.25) is 0 Å². The highest BCUT2D eigenvalue weighted by molar-refractivity contribution is 9.10. The molecule has 0 bridgehead atoms. The smallest absolute Gasteiger partial charge is 0.137 e. The van der Waals surface area contributed by atoms with Crippen LogP contribution in [0.1, 0.15) is 30.9 Å². The van der Waals surface area contributed by atoms with Crippen molar-refractivity contribution in [3.63, 3.8) is 0 Å². The summed E-state index contributed by atoms with van der Waals surface area (Å²) in [7, 11) is 0. The van der Waals surface area contributed by atoms with E-state index in [-0.39, 0.29) is 0 Å². The van der Waals surface area contributed by atoms with Crippen LogP contribution in [-0.4, -0.2) is 0 Å². The Balaban J connectivity index is 2.82. The first-order chi connectivity index (χ1) is 6.59. The van der Waals surface area contributed by atoms with Crippen molar-refractivity contribution >= 4 is 26.9 Å². The molecule has 0 unspecified atom stereocenters. The molecule has 2 rings (SSSR count). The van der Waals surface area contributed by atoms with E-state index in [9.17, 15) is 0 Å². The highest BCUT2D eigenvalue weighted by Crippen LogP contribution is 2.32. The number of rotatable bonds is 1. The Labute approximate surface area is 92.2 Å². The topological polar surface area (TPSA) is 13.1 Å². The van der Waals surface area contributed by atoms with E-state index in [1.165, 1.54) is 16.5 Å². The third kappa shape index (κ3) is 1.48. The van der Waals surface area contributed by atoms with Gasteiger partial charge in [0.2, 0.25) is 0 Å². The first kappa shape index (κ1) is 9.78. The molecule has 74 valence electrons. The average molecular weight is 253 g/mol. The van der Waals surface area contributed by atoms with Gasteiger partial charge in [0.05, 0.1) is 6.26 Å². The number of hydrogen-bond donors (Lipinski definition) is 0. The maximum absolute atomic E-state index is 5.58. The molecule has 0 saturated heterocycles. The Kier molecular flexibility index (Phi) is 2.40. The van der Waals surface area contributed by atoms with Gasteiger partial charge >= 0.3 is 0 Å². The minimum Gasteiger partial charge on any atom is -0.464 e. The van der Waals surface area contributed by atoms with Gasteiger partial charge in [-0.2, -0.15) is 0 Å². The fourth-order valence-corrected chi connectivity index (χ4v) is 2.15. The van der Waals surface area contributed by atoms with Crippen LogP contribution in [0.3, 0.4) is 0 Å².